The van der Waals surface area contributed by atoms with Crippen molar-refractivity contribution in [2.75, 3.05) is 0 Å². The maximum atomic E-state index is 12.1. The second kappa shape index (κ2) is 3.58. The van der Waals surface area contributed by atoms with Gasteiger partial charge in [-0.3, -0.25) is 9.78 Å². The van der Waals surface area contributed by atoms with E-state index in [9.17, 15) is 13.6 Å². The lowest BCUT2D eigenvalue weighted by Crippen LogP contribution is -1.98. The summed E-state index contributed by atoms with van der Waals surface area (Å²) in [5, 5.41) is -0.918. The Hall–Kier alpha value is -1.03. The molecule has 0 atom stereocenters. The van der Waals surface area contributed by atoms with Gasteiger partial charge in [-0.15, -0.1) is 0 Å². The monoisotopic (exact) mass is 191 g/mol. The van der Waals surface area contributed by atoms with E-state index in [0.29, 0.717) is 0 Å². The highest BCUT2D eigenvalue weighted by atomic mass is 35.5. The van der Waals surface area contributed by atoms with Gasteiger partial charge in [-0.25, -0.2) is 8.78 Å². The Morgan fingerprint density at radius 2 is 2.25 bits per heavy atom. The van der Waals surface area contributed by atoms with Crippen molar-refractivity contribution >= 4 is 16.8 Å². The molecular weight excluding hydrogens is 188 g/mol. The van der Waals surface area contributed by atoms with Crippen molar-refractivity contribution in [1.29, 1.82) is 0 Å². The minimum Gasteiger partial charge on any atom is -0.276 e. The minimum absolute atomic E-state index is 0.242. The lowest BCUT2D eigenvalue weighted by Gasteiger charge is -2.01. The van der Waals surface area contributed by atoms with Crippen molar-refractivity contribution < 1.29 is 13.6 Å². The van der Waals surface area contributed by atoms with Crippen LogP contribution in [0.3, 0.4) is 0 Å². The summed E-state index contributed by atoms with van der Waals surface area (Å²) in [6, 6.07) is 1.07. The van der Waals surface area contributed by atoms with Gasteiger partial charge < -0.3 is 0 Å². The molecule has 0 bridgehead atoms. The number of pyridine rings is 1. The van der Waals surface area contributed by atoms with E-state index in [1.807, 2.05) is 0 Å². The third kappa shape index (κ3) is 1.76. The number of carbonyl (C=O) groups is 1. The van der Waals surface area contributed by atoms with E-state index in [-0.39, 0.29) is 11.1 Å². The molecule has 0 amide bonds. The molecule has 0 saturated carbocycles. The molecule has 1 aromatic rings. The highest BCUT2D eigenvalue weighted by Crippen LogP contribution is 2.22. The second-order valence-corrected chi connectivity index (χ2v) is 2.38. The fourth-order valence-electron chi connectivity index (χ4n) is 0.760. The van der Waals surface area contributed by atoms with Crippen molar-refractivity contribution in [1.82, 2.24) is 4.98 Å². The summed E-state index contributed by atoms with van der Waals surface area (Å²) in [5.41, 5.74) is -0.626. The number of carbonyl (C=O) groups excluding carboxylic acids is 1. The minimum atomic E-state index is -2.70. The molecule has 0 unspecified atom stereocenters. The molecular formula is C7H4ClF2NO. The summed E-state index contributed by atoms with van der Waals surface area (Å²) >= 11 is 5.04. The van der Waals surface area contributed by atoms with Crippen LogP contribution in [0.4, 0.5) is 8.78 Å². The summed E-state index contributed by atoms with van der Waals surface area (Å²) in [4.78, 5) is 14.1. The Labute approximate surface area is 72.2 Å². The Morgan fingerprint density at radius 3 is 2.67 bits per heavy atom. The average molecular weight is 192 g/mol. The first kappa shape index (κ1) is 9.06. The van der Waals surface area contributed by atoms with Crippen LogP contribution in [0.25, 0.3) is 0 Å². The molecule has 0 radical (unpaired) electrons. The van der Waals surface area contributed by atoms with Crippen LogP contribution in [-0.2, 0) is 0 Å². The van der Waals surface area contributed by atoms with Gasteiger partial charge in [-0.05, 0) is 17.7 Å². The van der Waals surface area contributed by atoms with Gasteiger partial charge >= 0.3 is 0 Å². The van der Waals surface area contributed by atoms with E-state index in [1.54, 1.807) is 0 Å². The molecule has 1 heterocycles. The number of alkyl halides is 2. The Bertz CT molecular complexity index is 303. The van der Waals surface area contributed by atoms with Crippen LogP contribution in [-0.4, -0.2) is 10.2 Å². The zero-order valence-electron chi connectivity index (χ0n) is 5.80. The van der Waals surface area contributed by atoms with E-state index in [2.05, 4.69) is 4.98 Å². The van der Waals surface area contributed by atoms with Crippen molar-refractivity contribution in [3.8, 4) is 0 Å². The van der Waals surface area contributed by atoms with Crippen LogP contribution in [0.2, 0.25) is 0 Å². The lowest BCUT2D eigenvalue weighted by atomic mass is 10.2. The standard InChI is InChI=1S/C7H4ClF2NO/c8-6(12)5-3-11-2-1-4(5)7(9)10/h1-3,7H. The van der Waals surface area contributed by atoms with Gasteiger partial charge in [0.15, 0.2) is 0 Å². The van der Waals surface area contributed by atoms with Gasteiger partial charge in [-0.2, -0.15) is 0 Å². The quantitative estimate of drug-likeness (QED) is 0.672. The molecule has 64 valence electrons. The summed E-state index contributed by atoms with van der Waals surface area (Å²) in [6.07, 6.45) is -0.493. The predicted octanol–water partition coefficient (Wildman–Crippen LogP) is 2.40. The molecule has 0 N–H and O–H groups in total. The van der Waals surface area contributed by atoms with Crippen molar-refractivity contribution in [3.05, 3.63) is 29.6 Å². The summed E-state index contributed by atoms with van der Waals surface area (Å²) in [5.74, 6) is 0. The van der Waals surface area contributed by atoms with E-state index in [1.165, 1.54) is 6.20 Å². The van der Waals surface area contributed by atoms with Gasteiger partial charge in [0.1, 0.15) is 0 Å². The maximum Gasteiger partial charge on any atom is 0.264 e. The molecule has 0 saturated heterocycles. The zero-order valence-corrected chi connectivity index (χ0v) is 6.55. The van der Waals surface area contributed by atoms with E-state index in [4.69, 9.17) is 11.6 Å². The van der Waals surface area contributed by atoms with Crippen LogP contribution in [0.15, 0.2) is 18.5 Å². The van der Waals surface area contributed by atoms with Gasteiger partial charge in [0.2, 0.25) is 0 Å². The molecule has 0 fully saturated rings. The molecule has 1 aromatic heterocycles. The van der Waals surface area contributed by atoms with Crippen LogP contribution in [0, 0.1) is 0 Å². The van der Waals surface area contributed by atoms with Crippen LogP contribution < -0.4 is 0 Å². The number of hydrogen-bond acceptors (Lipinski definition) is 2. The SMILES string of the molecule is O=C(Cl)c1cnccc1C(F)F. The summed E-state index contributed by atoms with van der Waals surface area (Å²) < 4.78 is 24.3. The Balaban J connectivity index is 3.17. The van der Waals surface area contributed by atoms with Gasteiger partial charge in [0, 0.05) is 18.0 Å². The molecule has 2 nitrogen and oxygen atoms in total. The first-order valence-electron chi connectivity index (χ1n) is 3.05. The Kier molecular flexibility index (Phi) is 2.70. The third-order valence-corrected chi connectivity index (χ3v) is 1.51. The highest BCUT2D eigenvalue weighted by molar-refractivity contribution is 6.67. The van der Waals surface area contributed by atoms with Gasteiger partial charge in [-0.1, -0.05) is 0 Å². The van der Waals surface area contributed by atoms with E-state index >= 15 is 0 Å². The molecule has 1 rings (SSSR count). The van der Waals surface area contributed by atoms with Crippen molar-refractivity contribution in [2.45, 2.75) is 6.43 Å². The third-order valence-electron chi connectivity index (χ3n) is 1.30. The lowest BCUT2D eigenvalue weighted by molar-refractivity contribution is 0.106. The molecule has 0 aliphatic heterocycles. The predicted molar refractivity (Wildman–Crippen MR) is 39.4 cm³/mol. The first-order chi connectivity index (χ1) is 5.63. The largest absolute Gasteiger partial charge is 0.276 e. The van der Waals surface area contributed by atoms with Crippen LogP contribution in [0.5, 0.6) is 0 Å². The average Bonchev–Trinajstić information content (AvgIpc) is 2.04. The molecule has 0 aliphatic rings. The second-order valence-electron chi connectivity index (χ2n) is 2.04. The van der Waals surface area contributed by atoms with E-state index < -0.39 is 11.7 Å². The van der Waals surface area contributed by atoms with Crippen molar-refractivity contribution in [3.63, 3.8) is 0 Å². The van der Waals surface area contributed by atoms with E-state index in [0.717, 1.165) is 12.3 Å². The zero-order chi connectivity index (χ0) is 9.14. The maximum absolute atomic E-state index is 12.1. The normalized spacial score (nSPS) is 10.3. The fourth-order valence-corrected chi connectivity index (χ4v) is 0.918. The number of nitrogens with zero attached hydrogens (tertiary/aromatic N) is 1. The summed E-state index contributed by atoms with van der Waals surface area (Å²) in [6.45, 7) is 0. The topological polar surface area (TPSA) is 30.0 Å². The Morgan fingerprint density at radius 1 is 1.58 bits per heavy atom. The highest BCUT2D eigenvalue weighted by Gasteiger charge is 2.16. The fraction of sp³-hybridized carbons (Fsp3) is 0.143. The number of halogens is 3. The smallest absolute Gasteiger partial charge is 0.264 e. The van der Waals surface area contributed by atoms with Crippen LogP contribution >= 0.6 is 11.6 Å². The molecule has 0 aliphatic carbocycles. The van der Waals surface area contributed by atoms with Gasteiger partial charge in [0.05, 0.1) is 5.56 Å². The molecule has 0 spiro atoms. The van der Waals surface area contributed by atoms with Gasteiger partial charge in [0.25, 0.3) is 11.7 Å². The first-order valence-corrected chi connectivity index (χ1v) is 3.42. The molecule has 0 aromatic carbocycles. The number of aromatic nitrogens is 1. The van der Waals surface area contributed by atoms with Crippen LogP contribution in [0.1, 0.15) is 22.3 Å². The summed E-state index contributed by atoms with van der Waals surface area (Å²) in [7, 11) is 0. The number of rotatable bonds is 2. The molecule has 12 heavy (non-hydrogen) atoms. The van der Waals surface area contributed by atoms with Crippen molar-refractivity contribution in [2.24, 2.45) is 0 Å². The molecule has 5 heteroatoms. The number of hydrogen-bond donors (Lipinski definition) is 0.